The largest absolute Gasteiger partial charge is 0.329 e. The van der Waals surface area contributed by atoms with Crippen LogP contribution in [0.5, 0.6) is 0 Å². The molecule has 1 atom stereocenters. The number of nitrogens with zero attached hydrogens (tertiary/aromatic N) is 3. The first-order valence-electron chi connectivity index (χ1n) is 9.47. The number of H-pyrrole nitrogens is 2. The van der Waals surface area contributed by atoms with E-state index in [-0.39, 0.29) is 11.9 Å². The predicted octanol–water partition coefficient (Wildman–Crippen LogP) is 2.16. The van der Waals surface area contributed by atoms with E-state index in [9.17, 15) is 14.4 Å². The molecule has 4 rings (SSSR count). The summed E-state index contributed by atoms with van der Waals surface area (Å²) in [4.78, 5) is 46.1. The van der Waals surface area contributed by atoms with Crippen molar-refractivity contribution < 1.29 is 4.79 Å². The smallest absolute Gasteiger partial charge is 0.307 e. The third-order valence-corrected chi connectivity index (χ3v) is 4.74. The first kappa shape index (κ1) is 19.3. The number of hydrogen-bond donors (Lipinski definition) is 3. The molecule has 9 heteroatoms. The zero-order valence-corrected chi connectivity index (χ0v) is 16.4. The topological polar surface area (TPSA) is 126 Å². The predicted molar refractivity (Wildman–Crippen MR) is 113 cm³/mol. The molecule has 0 saturated carbocycles. The van der Waals surface area contributed by atoms with Crippen LogP contribution in [0.4, 0.5) is 5.95 Å². The second-order valence-corrected chi connectivity index (χ2v) is 7.15. The van der Waals surface area contributed by atoms with Gasteiger partial charge < -0.3 is 4.98 Å². The zero-order valence-electron chi connectivity index (χ0n) is 16.4. The third kappa shape index (κ3) is 3.52. The van der Waals surface area contributed by atoms with Gasteiger partial charge in [0.05, 0.1) is 10.9 Å². The average Bonchev–Trinajstić information content (AvgIpc) is 3.20. The van der Waals surface area contributed by atoms with Gasteiger partial charge in [-0.2, -0.15) is 4.98 Å². The van der Waals surface area contributed by atoms with Crippen molar-refractivity contribution in [1.82, 2.24) is 24.7 Å². The monoisotopic (exact) mass is 404 g/mol. The van der Waals surface area contributed by atoms with Crippen LogP contribution in [0.2, 0.25) is 0 Å². The number of nitrogens with one attached hydrogen (secondary N) is 3. The summed E-state index contributed by atoms with van der Waals surface area (Å²) in [6.07, 6.45) is 0. The standard InChI is InChI=1S/C21H20N6O3/c1-12(2)17-23-20(26-25-17)24-18(28)16(13-8-4-3-5-9-13)27-19(29)14-10-6-7-11-15(14)22-21(27)30/h3-12,16H,1-2H3,(H,22,30)(H2,23,24,25,26,28)/t16-/m0/s1. The fourth-order valence-electron chi connectivity index (χ4n) is 3.23. The lowest BCUT2D eigenvalue weighted by Gasteiger charge is -2.18. The summed E-state index contributed by atoms with van der Waals surface area (Å²) in [6, 6.07) is 14.1. The van der Waals surface area contributed by atoms with Crippen LogP contribution in [0.1, 0.15) is 37.2 Å². The minimum Gasteiger partial charge on any atom is -0.307 e. The number of aromatic amines is 2. The van der Waals surface area contributed by atoms with Gasteiger partial charge in [-0.15, -0.1) is 5.10 Å². The first-order chi connectivity index (χ1) is 14.5. The van der Waals surface area contributed by atoms with Gasteiger partial charge in [-0.25, -0.2) is 9.36 Å². The van der Waals surface area contributed by atoms with Gasteiger partial charge in [-0.1, -0.05) is 56.3 Å². The van der Waals surface area contributed by atoms with E-state index >= 15 is 0 Å². The number of rotatable bonds is 5. The summed E-state index contributed by atoms with van der Waals surface area (Å²) >= 11 is 0. The number of amides is 1. The van der Waals surface area contributed by atoms with Gasteiger partial charge >= 0.3 is 5.69 Å². The zero-order chi connectivity index (χ0) is 21.3. The lowest BCUT2D eigenvalue weighted by molar-refractivity contribution is -0.118. The van der Waals surface area contributed by atoms with Crippen molar-refractivity contribution in [3.05, 3.63) is 86.8 Å². The van der Waals surface area contributed by atoms with E-state index in [4.69, 9.17) is 0 Å². The molecule has 2 aromatic heterocycles. The molecule has 0 aliphatic heterocycles. The molecular weight excluding hydrogens is 384 g/mol. The molecule has 0 fully saturated rings. The van der Waals surface area contributed by atoms with Crippen LogP contribution in [0, 0.1) is 0 Å². The van der Waals surface area contributed by atoms with Crippen LogP contribution in [-0.2, 0) is 4.79 Å². The Morgan fingerprint density at radius 2 is 1.73 bits per heavy atom. The van der Waals surface area contributed by atoms with Gasteiger partial charge in [-0.3, -0.25) is 20.0 Å². The molecule has 4 aromatic rings. The molecule has 0 radical (unpaired) electrons. The second-order valence-electron chi connectivity index (χ2n) is 7.15. The number of carbonyl (C=O) groups is 1. The van der Waals surface area contributed by atoms with Gasteiger partial charge in [0.15, 0.2) is 0 Å². The number of anilines is 1. The third-order valence-electron chi connectivity index (χ3n) is 4.74. The van der Waals surface area contributed by atoms with E-state index in [0.29, 0.717) is 22.3 Å². The number of hydrogen-bond acceptors (Lipinski definition) is 5. The highest BCUT2D eigenvalue weighted by Crippen LogP contribution is 2.19. The Kier molecular flexibility index (Phi) is 5.01. The molecular formula is C21H20N6O3. The molecule has 0 saturated heterocycles. The lowest BCUT2D eigenvalue weighted by atomic mass is 10.1. The highest BCUT2D eigenvalue weighted by atomic mass is 16.2. The summed E-state index contributed by atoms with van der Waals surface area (Å²) < 4.78 is 0.920. The van der Waals surface area contributed by atoms with Crippen LogP contribution >= 0.6 is 0 Å². The molecule has 9 nitrogen and oxygen atoms in total. The maximum absolute atomic E-state index is 13.2. The molecule has 0 spiro atoms. The van der Waals surface area contributed by atoms with Crippen molar-refractivity contribution in [3.63, 3.8) is 0 Å². The van der Waals surface area contributed by atoms with E-state index in [1.807, 2.05) is 13.8 Å². The number of carbonyl (C=O) groups excluding carboxylic acids is 1. The molecule has 3 N–H and O–H groups in total. The maximum Gasteiger partial charge on any atom is 0.329 e. The van der Waals surface area contributed by atoms with Crippen molar-refractivity contribution in [3.8, 4) is 0 Å². The highest BCUT2D eigenvalue weighted by Gasteiger charge is 2.27. The van der Waals surface area contributed by atoms with Crippen LogP contribution in [0.15, 0.2) is 64.2 Å². The van der Waals surface area contributed by atoms with Gasteiger partial charge in [0.25, 0.3) is 11.5 Å². The Hall–Kier alpha value is -4.01. The Morgan fingerprint density at radius 1 is 1.03 bits per heavy atom. The first-order valence-corrected chi connectivity index (χ1v) is 9.47. The minimum atomic E-state index is -1.20. The molecule has 0 aliphatic rings. The van der Waals surface area contributed by atoms with Crippen LogP contribution < -0.4 is 16.6 Å². The fraction of sp³-hybridized carbons (Fsp3) is 0.190. The number of para-hydroxylation sites is 1. The molecule has 152 valence electrons. The van der Waals surface area contributed by atoms with Crippen molar-refractivity contribution >= 4 is 22.8 Å². The van der Waals surface area contributed by atoms with Gasteiger partial charge in [0.1, 0.15) is 11.9 Å². The van der Waals surface area contributed by atoms with E-state index in [1.54, 1.807) is 54.6 Å². The van der Waals surface area contributed by atoms with Gasteiger partial charge in [0.2, 0.25) is 5.95 Å². The van der Waals surface area contributed by atoms with E-state index in [1.165, 1.54) is 0 Å². The summed E-state index contributed by atoms with van der Waals surface area (Å²) in [5, 5.41) is 9.69. The number of benzene rings is 2. The van der Waals surface area contributed by atoms with Crippen molar-refractivity contribution in [2.24, 2.45) is 0 Å². The maximum atomic E-state index is 13.2. The molecule has 2 heterocycles. The molecule has 0 unspecified atom stereocenters. The van der Waals surface area contributed by atoms with Gasteiger partial charge in [-0.05, 0) is 17.7 Å². The Morgan fingerprint density at radius 3 is 2.43 bits per heavy atom. The second kappa shape index (κ2) is 7.78. The van der Waals surface area contributed by atoms with Crippen molar-refractivity contribution in [2.45, 2.75) is 25.8 Å². The van der Waals surface area contributed by atoms with Crippen molar-refractivity contribution in [2.75, 3.05) is 5.32 Å². The molecule has 30 heavy (non-hydrogen) atoms. The Balaban J connectivity index is 1.84. The SMILES string of the molecule is CC(C)c1nc(NC(=O)[C@H](c2ccccc2)n2c(=O)[nH]c3ccccc3c2=O)n[nH]1. The average molecular weight is 404 g/mol. The Labute approximate surface area is 170 Å². The quantitative estimate of drug-likeness (QED) is 0.470. The minimum absolute atomic E-state index is 0.0786. The van der Waals surface area contributed by atoms with Crippen LogP contribution in [0.25, 0.3) is 10.9 Å². The Bertz CT molecular complexity index is 1320. The summed E-state index contributed by atoms with van der Waals surface area (Å²) in [7, 11) is 0. The van der Waals surface area contributed by atoms with Crippen LogP contribution in [-0.4, -0.2) is 30.6 Å². The van der Waals surface area contributed by atoms with E-state index in [2.05, 4.69) is 25.5 Å². The number of aromatic nitrogens is 5. The molecule has 1 amide bonds. The lowest BCUT2D eigenvalue weighted by Crippen LogP contribution is -2.43. The normalized spacial score (nSPS) is 12.2. The molecule has 0 aliphatic carbocycles. The summed E-state index contributed by atoms with van der Waals surface area (Å²) in [5.41, 5.74) is -0.346. The molecule has 0 bridgehead atoms. The summed E-state index contributed by atoms with van der Waals surface area (Å²) in [6.45, 7) is 3.88. The van der Waals surface area contributed by atoms with Gasteiger partial charge in [0, 0.05) is 5.92 Å². The van der Waals surface area contributed by atoms with E-state index in [0.717, 1.165) is 4.57 Å². The van der Waals surface area contributed by atoms with Crippen LogP contribution in [0.3, 0.4) is 0 Å². The fourth-order valence-corrected chi connectivity index (χ4v) is 3.23. The number of fused-ring (bicyclic) bond motifs is 1. The highest BCUT2D eigenvalue weighted by molar-refractivity contribution is 5.94. The summed E-state index contributed by atoms with van der Waals surface area (Å²) in [5.74, 6) is 0.189. The van der Waals surface area contributed by atoms with Crippen molar-refractivity contribution in [1.29, 1.82) is 0 Å². The molecule has 2 aromatic carbocycles. The van der Waals surface area contributed by atoms with E-state index < -0.39 is 23.2 Å².